The average Bonchev–Trinajstić information content (AvgIpc) is 2.96. The highest BCUT2D eigenvalue weighted by Gasteiger charge is 2.03. The fourth-order valence-electron chi connectivity index (χ4n) is 1.81. The normalized spacial score (nSPS) is 10.3. The summed E-state index contributed by atoms with van der Waals surface area (Å²) < 4.78 is 5.64. The zero-order chi connectivity index (χ0) is 12.9. The number of H-pyrrole nitrogens is 1. The second-order valence-electron chi connectivity index (χ2n) is 4.12. The summed E-state index contributed by atoms with van der Waals surface area (Å²) in [5.41, 5.74) is 1.99. The molecule has 93 valence electrons. The van der Waals surface area contributed by atoms with Gasteiger partial charge in [0.2, 0.25) is 0 Å². The molecule has 0 bridgehead atoms. The lowest BCUT2D eigenvalue weighted by atomic mass is 10.2. The van der Waals surface area contributed by atoms with Crippen LogP contribution in [0.3, 0.4) is 0 Å². The van der Waals surface area contributed by atoms with E-state index in [4.69, 9.17) is 4.74 Å². The minimum absolute atomic E-state index is 0.434. The van der Waals surface area contributed by atoms with Gasteiger partial charge in [-0.05, 0) is 18.2 Å². The van der Waals surface area contributed by atoms with Gasteiger partial charge in [-0.15, -0.1) is 0 Å². The molecule has 0 aliphatic rings. The zero-order valence-corrected chi connectivity index (χ0v) is 10.3. The topological polar surface area (TPSA) is 37.9 Å². The Hall–Kier alpha value is -2.55. The first-order valence-electron chi connectivity index (χ1n) is 6.10. The van der Waals surface area contributed by atoms with Crippen molar-refractivity contribution in [1.82, 2.24) is 9.97 Å². The lowest BCUT2D eigenvalue weighted by molar-refractivity contribution is 0.297. The largest absolute Gasteiger partial charge is 0.486 e. The molecule has 0 saturated carbocycles. The SMILES string of the molecule is [c]1ccc(-c2c[nH]c(COc3ccccc3)n2)cc1. The number of aromatic nitrogens is 2. The second kappa shape index (κ2) is 5.40. The molecule has 1 heterocycles. The maximum atomic E-state index is 5.64. The van der Waals surface area contributed by atoms with E-state index in [1.54, 1.807) is 0 Å². The summed E-state index contributed by atoms with van der Waals surface area (Å²) in [4.78, 5) is 7.63. The van der Waals surface area contributed by atoms with E-state index < -0.39 is 0 Å². The van der Waals surface area contributed by atoms with Crippen LogP contribution >= 0.6 is 0 Å². The molecule has 0 aliphatic heterocycles. The molecule has 0 amide bonds. The molecule has 3 rings (SSSR count). The van der Waals surface area contributed by atoms with Crippen LogP contribution in [0, 0.1) is 6.07 Å². The summed E-state index contributed by atoms with van der Waals surface area (Å²) in [5, 5.41) is 0. The Morgan fingerprint density at radius 2 is 1.84 bits per heavy atom. The number of para-hydroxylation sites is 1. The monoisotopic (exact) mass is 249 g/mol. The third-order valence-corrected chi connectivity index (χ3v) is 2.76. The summed E-state index contributed by atoms with van der Waals surface area (Å²) in [7, 11) is 0. The zero-order valence-electron chi connectivity index (χ0n) is 10.3. The minimum Gasteiger partial charge on any atom is -0.486 e. The van der Waals surface area contributed by atoms with Gasteiger partial charge >= 0.3 is 0 Å². The Morgan fingerprint density at radius 1 is 1.05 bits per heavy atom. The molecule has 3 nitrogen and oxygen atoms in total. The molecule has 1 radical (unpaired) electrons. The minimum atomic E-state index is 0.434. The van der Waals surface area contributed by atoms with Crippen molar-refractivity contribution in [2.45, 2.75) is 6.61 Å². The molecule has 3 aromatic rings. The maximum absolute atomic E-state index is 5.64. The molecular weight excluding hydrogens is 236 g/mol. The Bertz CT molecular complexity index is 632. The first-order chi connectivity index (χ1) is 9.42. The number of benzene rings is 2. The van der Waals surface area contributed by atoms with Gasteiger partial charge < -0.3 is 9.72 Å². The van der Waals surface area contributed by atoms with E-state index >= 15 is 0 Å². The standard InChI is InChI=1S/C16H13N2O/c1-3-7-13(8-4-1)15-11-17-16(18-15)12-19-14-9-5-2-6-10-14/h2-11H,12H2,(H,17,18). The van der Waals surface area contributed by atoms with E-state index in [0.29, 0.717) is 6.61 Å². The molecule has 0 spiro atoms. The van der Waals surface area contributed by atoms with Gasteiger partial charge in [0.15, 0.2) is 0 Å². The van der Waals surface area contributed by atoms with Crippen LogP contribution in [0.5, 0.6) is 5.75 Å². The van der Waals surface area contributed by atoms with Crippen LogP contribution < -0.4 is 4.74 Å². The van der Waals surface area contributed by atoms with Crippen molar-refractivity contribution >= 4 is 0 Å². The first-order valence-corrected chi connectivity index (χ1v) is 6.10. The van der Waals surface area contributed by atoms with Crippen LogP contribution in [0.1, 0.15) is 5.82 Å². The molecule has 3 heteroatoms. The van der Waals surface area contributed by atoms with Crippen molar-refractivity contribution in [2.75, 3.05) is 0 Å². The predicted octanol–water partition coefficient (Wildman–Crippen LogP) is 3.46. The van der Waals surface area contributed by atoms with Crippen molar-refractivity contribution in [1.29, 1.82) is 0 Å². The van der Waals surface area contributed by atoms with Crippen molar-refractivity contribution in [3.8, 4) is 17.0 Å². The van der Waals surface area contributed by atoms with Crippen LogP contribution in [0.15, 0.2) is 60.8 Å². The van der Waals surface area contributed by atoms with Gasteiger partial charge in [0.25, 0.3) is 0 Å². The summed E-state index contributed by atoms with van der Waals surface area (Å²) >= 11 is 0. The Kier molecular flexibility index (Phi) is 3.28. The van der Waals surface area contributed by atoms with Crippen LogP contribution in [0.4, 0.5) is 0 Å². The second-order valence-corrected chi connectivity index (χ2v) is 4.12. The van der Waals surface area contributed by atoms with Crippen LogP contribution in [-0.2, 0) is 6.61 Å². The van der Waals surface area contributed by atoms with Gasteiger partial charge in [0.05, 0.1) is 5.69 Å². The summed E-state index contributed by atoms with van der Waals surface area (Å²) in [6, 6.07) is 20.4. The molecule has 1 N–H and O–H groups in total. The van der Waals surface area contributed by atoms with E-state index in [2.05, 4.69) is 16.0 Å². The maximum Gasteiger partial charge on any atom is 0.146 e. The molecule has 1 aromatic heterocycles. The lowest BCUT2D eigenvalue weighted by Crippen LogP contribution is -1.97. The first kappa shape index (κ1) is 11.5. The summed E-state index contributed by atoms with van der Waals surface area (Å²) in [6.07, 6.45) is 1.89. The van der Waals surface area contributed by atoms with Gasteiger partial charge in [-0.25, -0.2) is 4.98 Å². The van der Waals surface area contributed by atoms with Crippen LogP contribution in [-0.4, -0.2) is 9.97 Å². The molecule has 0 aliphatic carbocycles. The predicted molar refractivity (Wildman–Crippen MR) is 73.6 cm³/mol. The number of hydrogen-bond acceptors (Lipinski definition) is 2. The lowest BCUT2D eigenvalue weighted by Gasteiger charge is -2.02. The number of hydrogen-bond donors (Lipinski definition) is 1. The van der Waals surface area contributed by atoms with E-state index in [1.165, 1.54) is 0 Å². The Labute approximate surface area is 111 Å². The number of aromatic amines is 1. The van der Waals surface area contributed by atoms with Crippen LogP contribution in [0.25, 0.3) is 11.3 Å². The quantitative estimate of drug-likeness (QED) is 0.769. The third-order valence-electron chi connectivity index (χ3n) is 2.76. The Morgan fingerprint density at radius 3 is 2.63 bits per heavy atom. The molecular formula is C16H13N2O. The average molecular weight is 249 g/mol. The van der Waals surface area contributed by atoms with E-state index in [1.807, 2.05) is 60.8 Å². The van der Waals surface area contributed by atoms with Gasteiger partial charge in [-0.3, -0.25) is 0 Å². The molecule has 19 heavy (non-hydrogen) atoms. The van der Waals surface area contributed by atoms with E-state index in [-0.39, 0.29) is 0 Å². The highest BCUT2D eigenvalue weighted by Crippen LogP contribution is 2.17. The summed E-state index contributed by atoms with van der Waals surface area (Å²) in [6.45, 7) is 0.434. The van der Waals surface area contributed by atoms with E-state index in [0.717, 1.165) is 22.8 Å². The van der Waals surface area contributed by atoms with Gasteiger partial charge in [-0.1, -0.05) is 42.5 Å². The number of nitrogens with one attached hydrogen (secondary N) is 1. The van der Waals surface area contributed by atoms with Crippen LogP contribution in [0.2, 0.25) is 0 Å². The number of rotatable bonds is 4. The molecule has 2 aromatic carbocycles. The van der Waals surface area contributed by atoms with Gasteiger partial charge in [-0.2, -0.15) is 0 Å². The fourth-order valence-corrected chi connectivity index (χ4v) is 1.81. The highest BCUT2D eigenvalue weighted by atomic mass is 16.5. The number of imidazole rings is 1. The number of nitrogens with zero attached hydrogens (tertiary/aromatic N) is 1. The van der Waals surface area contributed by atoms with Gasteiger partial charge in [0, 0.05) is 11.8 Å². The molecule has 0 fully saturated rings. The molecule has 0 atom stereocenters. The smallest absolute Gasteiger partial charge is 0.146 e. The van der Waals surface area contributed by atoms with Crippen molar-refractivity contribution < 1.29 is 4.74 Å². The summed E-state index contributed by atoms with van der Waals surface area (Å²) in [5.74, 6) is 1.65. The molecule has 0 saturated heterocycles. The third kappa shape index (κ3) is 2.83. The fraction of sp³-hybridized carbons (Fsp3) is 0.0625. The number of ether oxygens (including phenoxy) is 1. The highest BCUT2D eigenvalue weighted by molar-refractivity contribution is 5.57. The van der Waals surface area contributed by atoms with Crippen molar-refractivity contribution in [3.05, 3.63) is 72.7 Å². The Balaban J connectivity index is 1.69. The van der Waals surface area contributed by atoms with Gasteiger partial charge in [0.1, 0.15) is 18.2 Å². The molecule has 0 unspecified atom stereocenters. The van der Waals surface area contributed by atoms with Crippen molar-refractivity contribution in [3.63, 3.8) is 0 Å². The van der Waals surface area contributed by atoms with Crippen molar-refractivity contribution in [2.24, 2.45) is 0 Å². The van der Waals surface area contributed by atoms with E-state index in [9.17, 15) is 0 Å².